The summed E-state index contributed by atoms with van der Waals surface area (Å²) in [6, 6.07) is 7.02. The maximum absolute atomic E-state index is 10.6. The molecule has 0 aliphatic carbocycles. The first-order valence-electron chi connectivity index (χ1n) is 4.61. The molecular weight excluding hydrogens is 244 g/mol. The zero-order chi connectivity index (χ0) is 11.5. The molecule has 0 saturated heterocycles. The fraction of sp³-hybridized carbons (Fsp3) is 0.0833. The highest BCUT2D eigenvalue weighted by Crippen LogP contribution is 2.33. The standard InChI is InChI=1S/C12H8ClO2S/c13-12-11(1-2-16-12)10-4-8(6-14)3-9(5-10)7-15/h1-5,14H,6H2. The minimum atomic E-state index is -0.107. The van der Waals surface area contributed by atoms with Gasteiger partial charge in [-0.25, -0.2) is 0 Å². The van der Waals surface area contributed by atoms with E-state index in [0.717, 1.165) is 11.1 Å². The van der Waals surface area contributed by atoms with Crippen molar-refractivity contribution >= 4 is 29.2 Å². The molecule has 1 aromatic carbocycles. The van der Waals surface area contributed by atoms with Crippen LogP contribution in [0.4, 0.5) is 0 Å². The fourth-order valence-corrected chi connectivity index (χ4v) is 2.46. The van der Waals surface area contributed by atoms with E-state index in [9.17, 15) is 4.79 Å². The third-order valence-electron chi connectivity index (χ3n) is 2.22. The predicted octanol–water partition coefficient (Wildman–Crippen LogP) is 3.02. The monoisotopic (exact) mass is 251 g/mol. The molecule has 2 rings (SSSR count). The summed E-state index contributed by atoms with van der Waals surface area (Å²) < 4.78 is 0.673. The maximum Gasteiger partial charge on any atom is 0.233 e. The summed E-state index contributed by atoms with van der Waals surface area (Å²) >= 11 is 7.45. The van der Waals surface area contributed by atoms with Crippen molar-refractivity contribution in [1.29, 1.82) is 0 Å². The summed E-state index contributed by atoms with van der Waals surface area (Å²) in [7, 11) is 0. The lowest BCUT2D eigenvalue weighted by Gasteiger charge is -2.04. The zero-order valence-corrected chi connectivity index (χ0v) is 9.81. The van der Waals surface area contributed by atoms with Gasteiger partial charge >= 0.3 is 0 Å². The Labute approximate surface area is 102 Å². The van der Waals surface area contributed by atoms with Gasteiger partial charge in [0, 0.05) is 11.1 Å². The molecule has 0 aliphatic heterocycles. The quantitative estimate of drug-likeness (QED) is 0.911. The Morgan fingerprint density at radius 1 is 1.38 bits per heavy atom. The van der Waals surface area contributed by atoms with Crippen LogP contribution in [0.25, 0.3) is 11.1 Å². The average Bonchev–Trinajstić information content (AvgIpc) is 2.74. The Morgan fingerprint density at radius 3 is 2.75 bits per heavy atom. The highest BCUT2D eigenvalue weighted by atomic mass is 35.5. The Morgan fingerprint density at radius 2 is 2.19 bits per heavy atom. The van der Waals surface area contributed by atoms with Crippen LogP contribution in [-0.4, -0.2) is 11.4 Å². The van der Waals surface area contributed by atoms with Gasteiger partial charge in [-0.2, -0.15) is 0 Å². The molecule has 0 spiro atoms. The van der Waals surface area contributed by atoms with Crippen LogP contribution in [0, 0.1) is 0 Å². The molecular formula is C12H8ClO2S. The van der Waals surface area contributed by atoms with Gasteiger partial charge in [0.25, 0.3) is 0 Å². The van der Waals surface area contributed by atoms with Crippen LogP contribution < -0.4 is 0 Å². The molecule has 4 heteroatoms. The first kappa shape index (κ1) is 11.3. The lowest BCUT2D eigenvalue weighted by Crippen LogP contribution is -1.89. The van der Waals surface area contributed by atoms with Gasteiger partial charge < -0.3 is 5.11 Å². The topological polar surface area (TPSA) is 37.3 Å². The molecule has 0 saturated carbocycles. The van der Waals surface area contributed by atoms with Crippen molar-refractivity contribution in [3.8, 4) is 11.1 Å². The van der Waals surface area contributed by atoms with Gasteiger partial charge in [0.05, 0.1) is 6.61 Å². The van der Waals surface area contributed by atoms with Crippen molar-refractivity contribution < 1.29 is 9.90 Å². The maximum atomic E-state index is 10.6. The SMILES string of the molecule is O=[C]c1cc(CO)cc(-c2ccsc2Cl)c1. The molecule has 1 heterocycles. The molecule has 1 N–H and O–H groups in total. The molecule has 0 unspecified atom stereocenters. The van der Waals surface area contributed by atoms with Gasteiger partial charge in [0.15, 0.2) is 0 Å². The fourth-order valence-electron chi connectivity index (χ4n) is 1.50. The number of aliphatic hydroxyl groups is 1. The minimum absolute atomic E-state index is 0.107. The van der Waals surface area contributed by atoms with Crippen LogP contribution in [0.3, 0.4) is 0 Å². The largest absolute Gasteiger partial charge is 0.392 e. The van der Waals surface area contributed by atoms with Gasteiger partial charge in [-0.15, -0.1) is 11.3 Å². The van der Waals surface area contributed by atoms with Crippen molar-refractivity contribution in [3.63, 3.8) is 0 Å². The summed E-state index contributed by atoms with van der Waals surface area (Å²) in [6.07, 6.45) is 1.82. The van der Waals surface area contributed by atoms with E-state index in [1.54, 1.807) is 12.1 Å². The number of thiophene rings is 1. The first-order chi connectivity index (χ1) is 7.74. The Hall–Kier alpha value is -1.16. The van der Waals surface area contributed by atoms with E-state index in [2.05, 4.69) is 0 Å². The van der Waals surface area contributed by atoms with E-state index in [1.807, 2.05) is 23.8 Å². The number of rotatable bonds is 3. The van der Waals surface area contributed by atoms with Crippen molar-refractivity contribution in [1.82, 2.24) is 0 Å². The summed E-state index contributed by atoms with van der Waals surface area (Å²) in [4.78, 5) is 10.6. The van der Waals surface area contributed by atoms with Crippen LogP contribution in [0.5, 0.6) is 0 Å². The van der Waals surface area contributed by atoms with E-state index in [-0.39, 0.29) is 6.61 Å². The van der Waals surface area contributed by atoms with Gasteiger partial charge in [0.1, 0.15) is 4.34 Å². The van der Waals surface area contributed by atoms with Gasteiger partial charge in [-0.1, -0.05) is 11.6 Å². The number of hydrogen-bond donors (Lipinski definition) is 1. The molecule has 0 atom stereocenters. The van der Waals surface area contributed by atoms with Crippen LogP contribution >= 0.6 is 22.9 Å². The van der Waals surface area contributed by atoms with Crippen molar-refractivity contribution in [2.75, 3.05) is 0 Å². The van der Waals surface area contributed by atoms with E-state index >= 15 is 0 Å². The van der Waals surface area contributed by atoms with Crippen molar-refractivity contribution in [2.24, 2.45) is 0 Å². The summed E-state index contributed by atoms with van der Waals surface area (Å²) in [5, 5.41) is 11.0. The van der Waals surface area contributed by atoms with E-state index < -0.39 is 0 Å². The van der Waals surface area contributed by atoms with Crippen molar-refractivity contribution in [3.05, 3.63) is 45.1 Å². The van der Waals surface area contributed by atoms with E-state index in [4.69, 9.17) is 16.7 Å². The molecule has 16 heavy (non-hydrogen) atoms. The van der Waals surface area contributed by atoms with Crippen LogP contribution in [0.15, 0.2) is 29.6 Å². The number of carbonyl (C=O) groups excluding carboxylic acids is 1. The van der Waals surface area contributed by atoms with E-state index in [0.29, 0.717) is 15.5 Å². The third-order valence-corrected chi connectivity index (χ3v) is 3.39. The summed E-state index contributed by atoms with van der Waals surface area (Å²) in [5.74, 6) is 0. The Bertz CT molecular complexity index is 519. The zero-order valence-electron chi connectivity index (χ0n) is 8.24. The third kappa shape index (κ3) is 2.16. The number of aliphatic hydroxyl groups excluding tert-OH is 1. The predicted molar refractivity (Wildman–Crippen MR) is 65.5 cm³/mol. The summed E-state index contributed by atoms with van der Waals surface area (Å²) in [5.41, 5.74) is 2.80. The highest BCUT2D eigenvalue weighted by molar-refractivity contribution is 7.15. The van der Waals surface area contributed by atoms with Gasteiger partial charge in [-0.3, -0.25) is 4.79 Å². The second-order valence-corrected chi connectivity index (χ2v) is 4.80. The van der Waals surface area contributed by atoms with Gasteiger partial charge in [0.2, 0.25) is 6.29 Å². The highest BCUT2D eigenvalue weighted by Gasteiger charge is 2.07. The Kier molecular flexibility index (Phi) is 3.39. The average molecular weight is 252 g/mol. The number of halogens is 1. The molecule has 0 bridgehead atoms. The molecule has 1 aromatic heterocycles. The van der Waals surface area contributed by atoms with Crippen LogP contribution in [0.1, 0.15) is 11.1 Å². The smallest absolute Gasteiger partial charge is 0.233 e. The Balaban J connectivity index is 2.56. The number of benzene rings is 1. The molecule has 0 amide bonds. The van der Waals surface area contributed by atoms with Crippen LogP contribution in [-0.2, 0) is 11.4 Å². The number of hydrogen-bond acceptors (Lipinski definition) is 3. The molecule has 1 radical (unpaired) electrons. The lowest BCUT2D eigenvalue weighted by atomic mass is 10.0. The van der Waals surface area contributed by atoms with Gasteiger partial charge in [-0.05, 0) is 40.8 Å². The molecule has 2 nitrogen and oxygen atoms in total. The second kappa shape index (κ2) is 4.78. The van der Waals surface area contributed by atoms with E-state index in [1.165, 1.54) is 11.3 Å². The second-order valence-electron chi connectivity index (χ2n) is 3.29. The lowest BCUT2D eigenvalue weighted by molar-refractivity contribution is 0.282. The first-order valence-corrected chi connectivity index (χ1v) is 5.86. The molecule has 0 aliphatic rings. The molecule has 2 aromatic rings. The molecule has 81 valence electrons. The van der Waals surface area contributed by atoms with Crippen molar-refractivity contribution in [2.45, 2.75) is 6.61 Å². The summed E-state index contributed by atoms with van der Waals surface area (Å²) in [6.45, 7) is -0.107. The molecule has 0 fully saturated rings. The normalized spacial score (nSPS) is 10.4. The minimum Gasteiger partial charge on any atom is -0.392 e. The van der Waals surface area contributed by atoms with Crippen LogP contribution in [0.2, 0.25) is 4.34 Å².